The average Bonchev–Trinajstić information content (AvgIpc) is 2.20. The molecule has 0 bridgehead atoms. The fourth-order valence-electron chi connectivity index (χ4n) is 1.68. The highest BCUT2D eigenvalue weighted by molar-refractivity contribution is 6.74. The first-order chi connectivity index (χ1) is 8.54. The summed E-state index contributed by atoms with van der Waals surface area (Å²) in [4.78, 5) is 11.2. The molecule has 4 nitrogen and oxygen atoms in total. The summed E-state index contributed by atoms with van der Waals surface area (Å²) in [5, 5.41) is 0.114. The highest BCUT2D eigenvalue weighted by Crippen LogP contribution is 2.38. The summed E-state index contributed by atoms with van der Waals surface area (Å²) >= 11 is 0. The van der Waals surface area contributed by atoms with E-state index >= 15 is 0 Å². The summed E-state index contributed by atoms with van der Waals surface area (Å²) in [5.74, 6) is -0.306. The molecule has 0 saturated carbocycles. The minimum atomic E-state index is -1.91. The zero-order valence-electron chi connectivity index (χ0n) is 13.0. The van der Waals surface area contributed by atoms with Crippen LogP contribution >= 0.6 is 0 Å². The third kappa shape index (κ3) is 4.08. The topological polar surface area (TPSA) is 44.8 Å². The van der Waals surface area contributed by atoms with E-state index in [4.69, 9.17) is 13.9 Å². The Balaban J connectivity index is 2.87. The number of esters is 1. The van der Waals surface area contributed by atoms with E-state index in [0.29, 0.717) is 0 Å². The normalized spacial score (nSPS) is 27.8. The second-order valence-corrected chi connectivity index (χ2v) is 11.3. The molecule has 1 heterocycles. The zero-order chi connectivity index (χ0) is 14.8. The summed E-state index contributed by atoms with van der Waals surface area (Å²) in [6.07, 6.45) is 2.69. The molecule has 0 aromatic carbocycles. The second-order valence-electron chi connectivity index (χ2n) is 6.59. The van der Waals surface area contributed by atoms with Crippen molar-refractivity contribution in [2.24, 2.45) is 0 Å². The third-order valence-corrected chi connectivity index (χ3v) is 8.36. The minimum Gasteiger partial charge on any atom is -0.495 e. The summed E-state index contributed by atoms with van der Waals surface area (Å²) in [6.45, 7) is 14.2. The van der Waals surface area contributed by atoms with E-state index in [-0.39, 0.29) is 29.3 Å². The maximum Gasteiger partial charge on any atom is 0.303 e. The molecule has 0 N–H and O–H groups in total. The van der Waals surface area contributed by atoms with E-state index < -0.39 is 8.32 Å². The SMILES string of the molecule is CC(=O)O[C@@H]1[C@@H](C)OC=C[C@H]1O[Si](C)(C)C(C)(C)C. The van der Waals surface area contributed by atoms with Gasteiger partial charge in [-0.25, -0.2) is 0 Å². The van der Waals surface area contributed by atoms with Gasteiger partial charge in [0.05, 0.1) is 6.26 Å². The summed E-state index contributed by atoms with van der Waals surface area (Å²) in [6, 6.07) is 0. The molecule has 1 aliphatic heterocycles. The Morgan fingerprint density at radius 3 is 2.37 bits per heavy atom. The van der Waals surface area contributed by atoms with Gasteiger partial charge in [0.15, 0.2) is 14.4 Å². The predicted octanol–water partition coefficient (Wildman–Crippen LogP) is 3.24. The molecular formula is C14H26O4Si. The smallest absolute Gasteiger partial charge is 0.303 e. The molecule has 0 radical (unpaired) electrons. The van der Waals surface area contributed by atoms with E-state index in [1.807, 2.05) is 13.0 Å². The second kappa shape index (κ2) is 5.67. The van der Waals surface area contributed by atoms with Crippen LogP contribution < -0.4 is 0 Å². The van der Waals surface area contributed by atoms with Crippen LogP contribution in [0.15, 0.2) is 12.3 Å². The number of hydrogen-bond acceptors (Lipinski definition) is 4. The zero-order valence-corrected chi connectivity index (χ0v) is 14.0. The van der Waals surface area contributed by atoms with E-state index in [1.165, 1.54) is 6.92 Å². The van der Waals surface area contributed by atoms with Gasteiger partial charge in [-0.05, 0) is 31.1 Å². The van der Waals surface area contributed by atoms with Gasteiger partial charge >= 0.3 is 5.97 Å². The van der Waals surface area contributed by atoms with Gasteiger partial charge in [0.2, 0.25) is 0 Å². The monoisotopic (exact) mass is 286 g/mol. The quantitative estimate of drug-likeness (QED) is 0.590. The number of hydrogen-bond donors (Lipinski definition) is 0. The Morgan fingerprint density at radius 1 is 1.32 bits per heavy atom. The van der Waals surface area contributed by atoms with Gasteiger partial charge in [0, 0.05) is 6.92 Å². The number of carbonyl (C=O) groups excluding carboxylic acids is 1. The van der Waals surface area contributed by atoms with Crippen LogP contribution in [0.1, 0.15) is 34.6 Å². The lowest BCUT2D eigenvalue weighted by Crippen LogP contribution is -2.51. The summed E-state index contributed by atoms with van der Waals surface area (Å²) in [5.41, 5.74) is 0. The van der Waals surface area contributed by atoms with Crippen molar-refractivity contribution in [3.63, 3.8) is 0 Å². The van der Waals surface area contributed by atoms with Crippen molar-refractivity contribution in [1.82, 2.24) is 0 Å². The van der Waals surface area contributed by atoms with E-state index in [2.05, 4.69) is 33.9 Å². The van der Waals surface area contributed by atoms with Crippen LogP contribution in [0, 0.1) is 0 Å². The molecule has 5 heteroatoms. The Kier molecular flexibility index (Phi) is 4.85. The van der Waals surface area contributed by atoms with Crippen molar-refractivity contribution >= 4 is 14.3 Å². The molecule has 1 rings (SSSR count). The molecule has 19 heavy (non-hydrogen) atoms. The Labute approximate surface area is 117 Å². The van der Waals surface area contributed by atoms with Crippen molar-refractivity contribution in [3.8, 4) is 0 Å². The molecule has 0 amide bonds. The van der Waals surface area contributed by atoms with Crippen molar-refractivity contribution in [2.45, 2.75) is 71.1 Å². The predicted molar refractivity (Wildman–Crippen MR) is 77.3 cm³/mol. The molecule has 1 aliphatic rings. The molecule has 0 unspecified atom stereocenters. The molecule has 0 fully saturated rings. The van der Waals surface area contributed by atoms with E-state index in [9.17, 15) is 4.79 Å². The Morgan fingerprint density at radius 2 is 1.89 bits per heavy atom. The van der Waals surface area contributed by atoms with Crippen molar-refractivity contribution in [2.75, 3.05) is 0 Å². The van der Waals surface area contributed by atoms with Gasteiger partial charge in [-0.1, -0.05) is 20.8 Å². The third-order valence-electron chi connectivity index (χ3n) is 3.89. The van der Waals surface area contributed by atoms with Crippen LogP contribution in [-0.2, 0) is 18.7 Å². The lowest BCUT2D eigenvalue weighted by Gasteiger charge is -2.42. The molecule has 0 spiro atoms. The van der Waals surface area contributed by atoms with Gasteiger partial charge in [0.25, 0.3) is 0 Å². The van der Waals surface area contributed by atoms with Gasteiger partial charge in [-0.3, -0.25) is 4.79 Å². The lowest BCUT2D eigenvalue weighted by molar-refractivity contribution is -0.159. The largest absolute Gasteiger partial charge is 0.495 e. The number of ether oxygens (including phenoxy) is 2. The molecule has 0 aliphatic carbocycles. The first kappa shape index (κ1) is 16.2. The van der Waals surface area contributed by atoms with Crippen LogP contribution in [0.3, 0.4) is 0 Å². The Hall–Kier alpha value is -0.813. The van der Waals surface area contributed by atoms with E-state index in [0.717, 1.165) is 0 Å². The molecule has 0 saturated heterocycles. The van der Waals surface area contributed by atoms with Crippen LogP contribution in [0.25, 0.3) is 0 Å². The molecular weight excluding hydrogens is 260 g/mol. The maximum absolute atomic E-state index is 11.2. The first-order valence-electron chi connectivity index (χ1n) is 6.72. The fourth-order valence-corrected chi connectivity index (χ4v) is 2.93. The highest BCUT2D eigenvalue weighted by Gasteiger charge is 2.43. The number of rotatable bonds is 3. The fraction of sp³-hybridized carbons (Fsp3) is 0.786. The summed E-state index contributed by atoms with van der Waals surface area (Å²) < 4.78 is 17.1. The van der Waals surface area contributed by atoms with Crippen LogP contribution in [-0.4, -0.2) is 32.6 Å². The molecule has 0 aromatic rings. The molecule has 0 aromatic heterocycles. The van der Waals surface area contributed by atoms with Gasteiger partial charge in [-0.15, -0.1) is 0 Å². The van der Waals surface area contributed by atoms with Crippen molar-refractivity contribution < 1.29 is 18.7 Å². The van der Waals surface area contributed by atoms with E-state index in [1.54, 1.807) is 6.26 Å². The van der Waals surface area contributed by atoms with Gasteiger partial charge in [0.1, 0.15) is 12.2 Å². The summed E-state index contributed by atoms with van der Waals surface area (Å²) in [7, 11) is -1.91. The number of carbonyl (C=O) groups is 1. The van der Waals surface area contributed by atoms with Gasteiger partial charge < -0.3 is 13.9 Å². The van der Waals surface area contributed by atoms with Crippen LogP contribution in [0.5, 0.6) is 0 Å². The van der Waals surface area contributed by atoms with Crippen molar-refractivity contribution in [3.05, 3.63) is 12.3 Å². The van der Waals surface area contributed by atoms with Gasteiger partial charge in [-0.2, -0.15) is 0 Å². The van der Waals surface area contributed by atoms with Crippen LogP contribution in [0.4, 0.5) is 0 Å². The minimum absolute atomic E-state index is 0.114. The lowest BCUT2D eigenvalue weighted by atomic mass is 10.1. The van der Waals surface area contributed by atoms with Crippen molar-refractivity contribution in [1.29, 1.82) is 0 Å². The average molecular weight is 286 g/mol. The maximum atomic E-state index is 11.2. The Bertz CT molecular complexity index is 357. The van der Waals surface area contributed by atoms with Crippen LogP contribution in [0.2, 0.25) is 18.1 Å². The highest BCUT2D eigenvalue weighted by atomic mass is 28.4. The molecule has 110 valence electrons. The standard InChI is InChI=1S/C14H26O4Si/c1-10-13(17-11(2)15)12(8-9-16-10)18-19(6,7)14(3,4)5/h8-10,12-13H,1-7H3/t10-,12-,13-/m1/s1. The first-order valence-corrected chi connectivity index (χ1v) is 9.62. The molecule has 3 atom stereocenters.